The number of methoxy groups -OCH3 is 2. The number of ether oxygens (including phenoxy) is 2. The van der Waals surface area contributed by atoms with Gasteiger partial charge < -0.3 is 14.8 Å². The normalized spacial score (nSPS) is 11.7. The van der Waals surface area contributed by atoms with Gasteiger partial charge in [0.2, 0.25) is 5.91 Å². The van der Waals surface area contributed by atoms with Gasteiger partial charge in [0.05, 0.1) is 14.2 Å². The molecule has 0 radical (unpaired) electrons. The number of carbonyl (C=O) groups excluding carboxylic acids is 1. The summed E-state index contributed by atoms with van der Waals surface area (Å²) in [7, 11) is 3.20. The van der Waals surface area contributed by atoms with Crippen LogP contribution in [0.3, 0.4) is 0 Å². The SMILES string of the molecule is COc1ccc(CCNC(=O)C(C)Cc2ccc(F)cc2)cc1OC. The summed E-state index contributed by atoms with van der Waals surface area (Å²) >= 11 is 0. The van der Waals surface area contributed by atoms with Crippen LogP contribution in [-0.2, 0) is 17.6 Å². The van der Waals surface area contributed by atoms with Crippen molar-refractivity contribution in [2.75, 3.05) is 20.8 Å². The van der Waals surface area contributed by atoms with Gasteiger partial charge in [0, 0.05) is 12.5 Å². The van der Waals surface area contributed by atoms with Gasteiger partial charge >= 0.3 is 0 Å². The molecule has 1 N–H and O–H groups in total. The van der Waals surface area contributed by atoms with Crippen LogP contribution in [0.1, 0.15) is 18.1 Å². The molecule has 0 aliphatic rings. The summed E-state index contributed by atoms with van der Waals surface area (Å²) in [6, 6.07) is 12.0. The molecule has 2 rings (SSSR count). The van der Waals surface area contributed by atoms with Crippen molar-refractivity contribution in [1.82, 2.24) is 5.32 Å². The summed E-state index contributed by atoms with van der Waals surface area (Å²) in [5.74, 6) is 0.913. The van der Waals surface area contributed by atoms with Crippen LogP contribution in [0.25, 0.3) is 0 Å². The number of hydrogen-bond acceptors (Lipinski definition) is 3. The Kier molecular flexibility index (Phi) is 6.81. The molecule has 0 saturated carbocycles. The van der Waals surface area contributed by atoms with Crippen LogP contribution < -0.4 is 14.8 Å². The summed E-state index contributed by atoms with van der Waals surface area (Å²) in [4.78, 5) is 12.2. The maximum Gasteiger partial charge on any atom is 0.223 e. The van der Waals surface area contributed by atoms with Gasteiger partial charge in [-0.25, -0.2) is 4.39 Å². The van der Waals surface area contributed by atoms with Gasteiger partial charge in [0.15, 0.2) is 11.5 Å². The first-order valence-electron chi connectivity index (χ1n) is 8.26. The number of benzene rings is 2. The van der Waals surface area contributed by atoms with Crippen molar-refractivity contribution >= 4 is 5.91 Å². The van der Waals surface area contributed by atoms with E-state index in [4.69, 9.17) is 9.47 Å². The molecule has 2 aromatic rings. The molecule has 134 valence electrons. The highest BCUT2D eigenvalue weighted by Crippen LogP contribution is 2.27. The standard InChI is InChI=1S/C20H24FNO3/c1-14(12-15-4-7-17(21)8-5-15)20(23)22-11-10-16-6-9-18(24-2)19(13-16)25-3/h4-9,13-14H,10-12H2,1-3H3,(H,22,23). The zero-order valence-corrected chi connectivity index (χ0v) is 14.8. The second kappa shape index (κ2) is 9.06. The van der Waals surface area contributed by atoms with E-state index < -0.39 is 0 Å². The fraction of sp³-hybridized carbons (Fsp3) is 0.350. The minimum absolute atomic E-state index is 0.00944. The van der Waals surface area contributed by atoms with Crippen LogP contribution in [0.4, 0.5) is 4.39 Å². The van der Waals surface area contributed by atoms with Gasteiger partial charge in [0.25, 0.3) is 0 Å². The highest BCUT2D eigenvalue weighted by Gasteiger charge is 2.13. The molecule has 0 bridgehead atoms. The molecule has 0 heterocycles. The maximum absolute atomic E-state index is 12.9. The molecule has 1 unspecified atom stereocenters. The largest absolute Gasteiger partial charge is 0.493 e. The van der Waals surface area contributed by atoms with E-state index in [1.807, 2.05) is 25.1 Å². The number of hydrogen-bond donors (Lipinski definition) is 1. The Morgan fingerprint density at radius 2 is 1.68 bits per heavy atom. The minimum atomic E-state index is -0.268. The molecule has 0 aromatic heterocycles. The lowest BCUT2D eigenvalue weighted by atomic mass is 10.0. The zero-order chi connectivity index (χ0) is 18.2. The lowest BCUT2D eigenvalue weighted by Crippen LogP contribution is -2.31. The Hall–Kier alpha value is -2.56. The van der Waals surface area contributed by atoms with Crippen LogP contribution in [0.5, 0.6) is 11.5 Å². The first-order valence-corrected chi connectivity index (χ1v) is 8.26. The van der Waals surface area contributed by atoms with Crippen molar-refractivity contribution in [3.8, 4) is 11.5 Å². The lowest BCUT2D eigenvalue weighted by molar-refractivity contribution is -0.124. The average Bonchev–Trinajstić information content (AvgIpc) is 2.63. The number of halogens is 1. The van der Waals surface area contributed by atoms with Crippen LogP contribution in [0.2, 0.25) is 0 Å². The van der Waals surface area contributed by atoms with Crippen molar-refractivity contribution < 1.29 is 18.7 Å². The number of amides is 1. The quantitative estimate of drug-likeness (QED) is 0.798. The number of nitrogens with one attached hydrogen (secondary N) is 1. The molecule has 0 fully saturated rings. The average molecular weight is 345 g/mol. The van der Waals surface area contributed by atoms with Crippen LogP contribution in [0, 0.1) is 11.7 Å². The Morgan fingerprint density at radius 3 is 2.32 bits per heavy atom. The molecule has 0 aliphatic carbocycles. The van der Waals surface area contributed by atoms with E-state index in [2.05, 4.69) is 5.32 Å². The minimum Gasteiger partial charge on any atom is -0.493 e. The van der Waals surface area contributed by atoms with Gasteiger partial charge in [0.1, 0.15) is 5.82 Å². The van der Waals surface area contributed by atoms with Crippen LogP contribution >= 0.6 is 0 Å². The molecular formula is C20H24FNO3. The molecule has 2 aromatic carbocycles. The van der Waals surface area contributed by atoms with Crippen LogP contribution in [-0.4, -0.2) is 26.7 Å². The molecule has 1 atom stereocenters. The predicted octanol–water partition coefficient (Wildman–Crippen LogP) is 3.38. The molecule has 0 saturated heterocycles. The third kappa shape index (κ3) is 5.48. The molecule has 0 aliphatic heterocycles. The third-order valence-corrected chi connectivity index (χ3v) is 4.06. The molecule has 1 amide bonds. The summed E-state index contributed by atoms with van der Waals surface area (Å²) in [5, 5.41) is 2.94. The maximum atomic E-state index is 12.9. The van der Waals surface area contributed by atoms with Crippen molar-refractivity contribution in [3.63, 3.8) is 0 Å². The summed E-state index contributed by atoms with van der Waals surface area (Å²) < 4.78 is 23.4. The van der Waals surface area contributed by atoms with Gasteiger partial charge in [-0.15, -0.1) is 0 Å². The van der Waals surface area contributed by atoms with Gasteiger partial charge in [-0.3, -0.25) is 4.79 Å². The second-order valence-electron chi connectivity index (χ2n) is 5.96. The summed E-state index contributed by atoms with van der Waals surface area (Å²) in [5.41, 5.74) is 2.01. The van der Waals surface area contributed by atoms with E-state index >= 15 is 0 Å². The van der Waals surface area contributed by atoms with Crippen molar-refractivity contribution in [3.05, 3.63) is 59.4 Å². The Bertz CT molecular complexity index is 701. The summed E-state index contributed by atoms with van der Waals surface area (Å²) in [6.07, 6.45) is 1.29. The molecule has 25 heavy (non-hydrogen) atoms. The topological polar surface area (TPSA) is 47.6 Å². The lowest BCUT2D eigenvalue weighted by Gasteiger charge is -2.13. The predicted molar refractivity (Wildman–Crippen MR) is 95.5 cm³/mol. The second-order valence-corrected chi connectivity index (χ2v) is 5.96. The number of carbonyl (C=O) groups is 1. The van der Waals surface area contributed by atoms with Crippen molar-refractivity contribution in [2.24, 2.45) is 5.92 Å². The van der Waals surface area contributed by atoms with Gasteiger partial charge in [-0.2, -0.15) is 0 Å². The van der Waals surface area contributed by atoms with Crippen molar-refractivity contribution in [2.45, 2.75) is 19.8 Å². The highest BCUT2D eigenvalue weighted by molar-refractivity contribution is 5.78. The smallest absolute Gasteiger partial charge is 0.223 e. The van der Waals surface area contributed by atoms with E-state index in [0.29, 0.717) is 30.9 Å². The number of rotatable bonds is 8. The third-order valence-electron chi connectivity index (χ3n) is 4.06. The van der Waals surface area contributed by atoms with E-state index in [0.717, 1.165) is 11.1 Å². The molecule has 5 heteroatoms. The Morgan fingerprint density at radius 1 is 1.04 bits per heavy atom. The first-order chi connectivity index (χ1) is 12.0. The zero-order valence-electron chi connectivity index (χ0n) is 14.8. The fourth-order valence-electron chi connectivity index (χ4n) is 2.61. The fourth-order valence-corrected chi connectivity index (χ4v) is 2.61. The van der Waals surface area contributed by atoms with E-state index in [1.54, 1.807) is 26.4 Å². The molecule has 4 nitrogen and oxygen atoms in total. The van der Waals surface area contributed by atoms with Gasteiger partial charge in [-0.05, 0) is 48.2 Å². The molecular weight excluding hydrogens is 321 g/mol. The van der Waals surface area contributed by atoms with Gasteiger partial charge in [-0.1, -0.05) is 25.1 Å². The van der Waals surface area contributed by atoms with Crippen LogP contribution in [0.15, 0.2) is 42.5 Å². The van der Waals surface area contributed by atoms with E-state index in [9.17, 15) is 9.18 Å². The monoisotopic (exact) mass is 345 g/mol. The first kappa shape index (κ1) is 18.8. The Labute approximate surface area is 148 Å². The molecule has 0 spiro atoms. The van der Waals surface area contributed by atoms with E-state index in [-0.39, 0.29) is 17.6 Å². The Balaban J connectivity index is 1.82. The van der Waals surface area contributed by atoms with E-state index in [1.165, 1.54) is 12.1 Å². The van der Waals surface area contributed by atoms with Crippen molar-refractivity contribution in [1.29, 1.82) is 0 Å². The highest BCUT2D eigenvalue weighted by atomic mass is 19.1. The summed E-state index contributed by atoms with van der Waals surface area (Å²) in [6.45, 7) is 2.41.